The van der Waals surface area contributed by atoms with E-state index in [9.17, 15) is 14.7 Å². The predicted octanol–water partition coefficient (Wildman–Crippen LogP) is 4.56. The number of carboxylic acid groups (broad SMARTS) is 1. The first-order chi connectivity index (χ1) is 15.5. The van der Waals surface area contributed by atoms with Crippen LogP contribution in [0.15, 0.2) is 61.1 Å². The van der Waals surface area contributed by atoms with Gasteiger partial charge in [-0.1, -0.05) is 36.4 Å². The van der Waals surface area contributed by atoms with Crippen molar-refractivity contribution in [1.29, 1.82) is 0 Å². The lowest BCUT2D eigenvalue weighted by atomic mass is 9.93. The number of hydrogen-bond acceptors (Lipinski definition) is 5. The van der Waals surface area contributed by atoms with Crippen LogP contribution in [0.25, 0.3) is 23.3 Å². The van der Waals surface area contributed by atoms with Crippen LogP contribution < -0.4 is 5.32 Å². The lowest BCUT2D eigenvalue weighted by Gasteiger charge is -2.17. The summed E-state index contributed by atoms with van der Waals surface area (Å²) in [7, 11) is 0. The SMILES string of the molecule is CSCC[C@H](NC(=O)c1ccc(C=Cc2cnccn2)cc1-c1ccccc1C)C(=O)O. The minimum absolute atomic E-state index is 0.362. The number of thioether (sulfide) groups is 1. The van der Waals surface area contributed by atoms with E-state index in [1.165, 1.54) is 0 Å². The lowest BCUT2D eigenvalue weighted by Crippen LogP contribution is -2.41. The maximum absolute atomic E-state index is 13.1. The first-order valence-corrected chi connectivity index (χ1v) is 11.6. The van der Waals surface area contributed by atoms with Gasteiger partial charge in [-0.05, 0) is 65.8 Å². The molecular formula is C25H25N3O3S. The van der Waals surface area contributed by atoms with Crippen LogP contribution in [0.3, 0.4) is 0 Å². The highest BCUT2D eigenvalue weighted by Gasteiger charge is 2.22. The van der Waals surface area contributed by atoms with E-state index in [-0.39, 0.29) is 0 Å². The molecule has 0 unspecified atom stereocenters. The molecule has 1 atom stereocenters. The van der Waals surface area contributed by atoms with Gasteiger partial charge in [-0.15, -0.1) is 0 Å². The number of rotatable bonds is 9. The van der Waals surface area contributed by atoms with Crippen molar-refractivity contribution in [2.45, 2.75) is 19.4 Å². The zero-order valence-electron chi connectivity index (χ0n) is 18.0. The summed E-state index contributed by atoms with van der Waals surface area (Å²) in [6.45, 7) is 1.98. The van der Waals surface area contributed by atoms with Crippen molar-refractivity contribution in [3.8, 4) is 11.1 Å². The molecule has 3 rings (SSSR count). The summed E-state index contributed by atoms with van der Waals surface area (Å²) in [6.07, 6.45) is 10.9. The number of aryl methyl sites for hydroxylation is 1. The maximum atomic E-state index is 13.1. The van der Waals surface area contributed by atoms with Crippen molar-refractivity contribution in [2.75, 3.05) is 12.0 Å². The summed E-state index contributed by atoms with van der Waals surface area (Å²) >= 11 is 1.55. The Kier molecular flexibility index (Phi) is 8.16. The van der Waals surface area contributed by atoms with Crippen LogP contribution in [-0.2, 0) is 4.79 Å². The summed E-state index contributed by atoms with van der Waals surface area (Å²) in [5.74, 6) is -0.789. The van der Waals surface area contributed by atoms with Crippen LogP contribution in [0.5, 0.6) is 0 Å². The Balaban J connectivity index is 1.98. The molecule has 32 heavy (non-hydrogen) atoms. The van der Waals surface area contributed by atoms with Crippen molar-refractivity contribution in [3.63, 3.8) is 0 Å². The number of carbonyl (C=O) groups excluding carboxylic acids is 1. The molecule has 2 N–H and O–H groups in total. The largest absolute Gasteiger partial charge is 0.480 e. The molecule has 0 aliphatic heterocycles. The molecule has 0 aliphatic rings. The van der Waals surface area contributed by atoms with Crippen LogP contribution in [0.1, 0.15) is 33.6 Å². The molecule has 2 aromatic carbocycles. The fourth-order valence-corrected chi connectivity index (χ4v) is 3.74. The van der Waals surface area contributed by atoms with Gasteiger partial charge in [0.2, 0.25) is 0 Å². The molecule has 0 spiro atoms. The molecule has 7 heteroatoms. The van der Waals surface area contributed by atoms with E-state index in [1.807, 2.05) is 61.7 Å². The predicted molar refractivity (Wildman–Crippen MR) is 129 cm³/mol. The number of carboxylic acids is 1. The van der Waals surface area contributed by atoms with Gasteiger partial charge in [0.15, 0.2) is 0 Å². The van der Waals surface area contributed by atoms with Crippen molar-refractivity contribution in [3.05, 3.63) is 83.4 Å². The summed E-state index contributed by atoms with van der Waals surface area (Å²) in [4.78, 5) is 33.0. The molecule has 0 aliphatic carbocycles. The molecule has 1 heterocycles. The molecule has 3 aromatic rings. The van der Waals surface area contributed by atoms with Gasteiger partial charge in [0.25, 0.3) is 5.91 Å². The summed E-state index contributed by atoms with van der Waals surface area (Å²) in [6, 6.07) is 12.4. The first kappa shape index (κ1) is 23.2. The molecule has 0 bridgehead atoms. The Hall–Kier alpha value is -3.45. The van der Waals surface area contributed by atoms with Crippen LogP contribution in [0, 0.1) is 6.92 Å². The number of aromatic nitrogens is 2. The Morgan fingerprint density at radius 3 is 2.62 bits per heavy atom. The highest BCUT2D eigenvalue weighted by molar-refractivity contribution is 7.98. The van der Waals surface area contributed by atoms with Gasteiger partial charge in [-0.3, -0.25) is 14.8 Å². The number of nitrogens with one attached hydrogen (secondary N) is 1. The van der Waals surface area contributed by atoms with E-state index >= 15 is 0 Å². The molecule has 0 fully saturated rings. The Morgan fingerprint density at radius 1 is 1.12 bits per heavy atom. The zero-order valence-corrected chi connectivity index (χ0v) is 18.8. The van der Waals surface area contributed by atoms with E-state index in [4.69, 9.17) is 0 Å². The summed E-state index contributed by atoms with van der Waals surface area (Å²) in [5, 5.41) is 12.2. The number of hydrogen-bond donors (Lipinski definition) is 2. The third kappa shape index (κ3) is 6.04. The molecule has 0 saturated heterocycles. The second-order valence-corrected chi connectivity index (χ2v) is 8.21. The van der Waals surface area contributed by atoms with Gasteiger partial charge in [-0.25, -0.2) is 4.79 Å². The normalized spacial score (nSPS) is 11.9. The smallest absolute Gasteiger partial charge is 0.326 e. The fraction of sp³-hybridized carbons (Fsp3) is 0.200. The van der Waals surface area contributed by atoms with E-state index in [1.54, 1.807) is 36.4 Å². The second kappa shape index (κ2) is 11.2. The van der Waals surface area contributed by atoms with Crippen molar-refractivity contribution in [1.82, 2.24) is 15.3 Å². The van der Waals surface area contributed by atoms with Gasteiger partial charge >= 0.3 is 5.97 Å². The van der Waals surface area contributed by atoms with Crippen molar-refractivity contribution >= 4 is 35.8 Å². The van der Waals surface area contributed by atoms with Crippen molar-refractivity contribution < 1.29 is 14.7 Å². The van der Waals surface area contributed by atoms with Gasteiger partial charge in [0.05, 0.1) is 11.9 Å². The quantitative estimate of drug-likeness (QED) is 0.500. The minimum Gasteiger partial charge on any atom is -0.480 e. The standard InChI is InChI=1S/C25H25N3O3S/c1-17-5-3-4-6-20(17)22-15-18(7-9-19-16-26-12-13-27-19)8-10-21(22)24(29)28-23(25(30)31)11-14-32-2/h3-10,12-13,15-16,23H,11,14H2,1-2H3,(H,28,29)(H,30,31)/t23-/m0/s1. The monoisotopic (exact) mass is 447 g/mol. The zero-order chi connectivity index (χ0) is 22.9. The Labute approximate surface area is 191 Å². The first-order valence-electron chi connectivity index (χ1n) is 10.2. The molecule has 0 radical (unpaired) electrons. The topological polar surface area (TPSA) is 92.2 Å². The second-order valence-electron chi connectivity index (χ2n) is 7.23. The number of aliphatic carboxylic acids is 1. The fourth-order valence-electron chi connectivity index (χ4n) is 3.27. The number of carbonyl (C=O) groups is 2. The molecule has 0 saturated carbocycles. The van der Waals surface area contributed by atoms with Crippen LogP contribution in [0.2, 0.25) is 0 Å². The molecule has 1 amide bonds. The van der Waals surface area contributed by atoms with Gasteiger partial charge < -0.3 is 10.4 Å². The van der Waals surface area contributed by atoms with Gasteiger partial charge in [0.1, 0.15) is 6.04 Å². The maximum Gasteiger partial charge on any atom is 0.326 e. The summed E-state index contributed by atoms with van der Waals surface area (Å²) in [5.41, 5.74) is 4.74. The number of nitrogens with zero attached hydrogens (tertiary/aromatic N) is 2. The third-order valence-electron chi connectivity index (χ3n) is 4.97. The molecule has 1 aromatic heterocycles. The van der Waals surface area contributed by atoms with E-state index in [0.717, 1.165) is 27.9 Å². The van der Waals surface area contributed by atoms with Crippen LogP contribution in [-0.4, -0.2) is 45.0 Å². The number of amides is 1. The van der Waals surface area contributed by atoms with Gasteiger partial charge in [0, 0.05) is 18.0 Å². The minimum atomic E-state index is -1.03. The lowest BCUT2D eigenvalue weighted by molar-refractivity contribution is -0.139. The molecule has 6 nitrogen and oxygen atoms in total. The van der Waals surface area contributed by atoms with E-state index in [0.29, 0.717) is 17.7 Å². The van der Waals surface area contributed by atoms with Gasteiger partial charge in [-0.2, -0.15) is 11.8 Å². The molecular weight excluding hydrogens is 422 g/mol. The highest BCUT2D eigenvalue weighted by atomic mass is 32.2. The average Bonchev–Trinajstić information content (AvgIpc) is 2.81. The Bertz CT molecular complexity index is 1120. The van der Waals surface area contributed by atoms with Crippen LogP contribution >= 0.6 is 11.8 Å². The summed E-state index contributed by atoms with van der Waals surface area (Å²) < 4.78 is 0. The average molecular weight is 448 g/mol. The van der Waals surface area contributed by atoms with E-state index < -0.39 is 17.9 Å². The number of benzene rings is 2. The molecule has 164 valence electrons. The van der Waals surface area contributed by atoms with Crippen LogP contribution in [0.4, 0.5) is 0 Å². The Morgan fingerprint density at radius 2 is 1.94 bits per heavy atom. The van der Waals surface area contributed by atoms with E-state index in [2.05, 4.69) is 15.3 Å². The highest BCUT2D eigenvalue weighted by Crippen LogP contribution is 2.29. The van der Waals surface area contributed by atoms with Crippen molar-refractivity contribution in [2.24, 2.45) is 0 Å². The third-order valence-corrected chi connectivity index (χ3v) is 5.61.